The number of rotatable bonds is 7. The van der Waals surface area contributed by atoms with Crippen molar-refractivity contribution in [2.24, 2.45) is 0 Å². The van der Waals surface area contributed by atoms with Crippen LogP contribution in [0.1, 0.15) is 33.1 Å². The minimum Gasteiger partial charge on any atom is -0.468 e. The first-order valence-electron chi connectivity index (χ1n) is 5.45. The summed E-state index contributed by atoms with van der Waals surface area (Å²) >= 11 is 6.27. The van der Waals surface area contributed by atoms with E-state index in [9.17, 15) is 0 Å². The molecule has 0 saturated carbocycles. The summed E-state index contributed by atoms with van der Waals surface area (Å²) in [7, 11) is 0.597. The monoisotopic (exact) mass is 252 g/mol. The van der Waals surface area contributed by atoms with Crippen LogP contribution in [-0.4, -0.2) is 37.8 Å². The molecule has 1 rings (SSSR count). The summed E-state index contributed by atoms with van der Waals surface area (Å²) in [5.74, 6) is 0. The minimum atomic E-state index is -0.292. The fraction of sp³-hybridized carbons (Fsp3) is 1.00. The SMILES string of the molecule is CCC1OC1CC(Cl)CC(C)[SiH2]O[SiH3]. The van der Waals surface area contributed by atoms with Gasteiger partial charge < -0.3 is 8.85 Å². The van der Waals surface area contributed by atoms with Crippen molar-refractivity contribution >= 4 is 31.9 Å². The molecule has 4 atom stereocenters. The molecule has 1 aliphatic heterocycles. The third-order valence-corrected chi connectivity index (χ3v) is 5.28. The summed E-state index contributed by atoms with van der Waals surface area (Å²) in [5.41, 5.74) is 0.717. The number of alkyl halides is 1. The van der Waals surface area contributed by atoms with Crippen LogP contribution in [0.5, 0.6) is 0 Å². The quantitative estimate of drug-likeness (QED) is 0.379. The molecule has 0 aromatic rings. The summed E-state index contributed by atoms with van der Waals surface area (Å²) in [4.78, 5) is 0. The molecule has 0 aromatic heterocycles. The Balaban J connectivity index is 2.07. The molecule has 0 radical (unpaired) electrons. The molecule has 1 saturated heterocycles. The highest BCUT2D eigenvalue weighted by Crippen LogP contribution is 2.32. The van der Waals surface area contributed by atoms with Crippen LogP contribution >= 0.6 is 11.6 Å². The first kappa shape index (κ1) is 12.7. The molecule has 14 heavy (non-hydrogen) atoms. The van der Waals surface area contributed by atoms with Gasteiger partial charge in [-0.1, -0.05) is 13.8 Å². The van der Waals surface area contributed by atoms with Gasteiger partial charge in [0.25, 0.3) is 0 Å². The van der Waals surface area contributed by atoms with Crippen LogP contribution < -0.4 is 0 Å². The molecular formula is C9H21ClO2Si2. The number of ether oxygens (including phenoxy) is 1. The van der Waals surface area contributed by atoms with E-state index in [-0.39, 0.29) is 15.1 Å². The molecule has 0 amide bonds. The maximum Gasteiger partial charge on any atom is 0.148 e. The molecule has 84 valence electrons. The van der Waals surface area contributed by atoms with Crippen LogP contribution in [0.4, 0.5) is 0 Å². The van der Waals surface area contributed by atoms with Crippen molar-refractivity contribution in [1.29, 1.82) is 0 Å². The lowest BCUT2D eigenvalue weighted by molar-refractivity contribution is 0.356. The van der Waals surface area contributed by atoms with Crippen LogP contribution in [0.15, 0.2) is 0 Å². The van der Waals surface area contributed by atoms with Gasteiger partial charge >= 0.3 is 0 Å². The standard InChI is InChI=1S/C9H21ClO2Si2/c1-3-8-9(11-8)5-7(10)4-6(2)14-12-13/h6-9H,3-5,14H2,1-2,13H3. The molecule has 1 aliphatic rings. The number of hydrogen-bond acceptors (Lipinski definition) is 2. The summed E-state index contributed by atoms with van der Waals surface area (Å²) in [6.45, 7) is 4.42. The molecule has 1 fully saturated rings. The molecule has 1 heterocycles. The number of hydrogen-bond donors (Lipinski definition) is 0. The predicted molar refractivity (Wildman–Crippen MR) is 66.8 cm³/mol. The van der Waals surface area contributed by atoms with Crippen molar-refractivity contribution in [3.63, 3.8) is 0 Å². The van der Waals surface area contributed by atoms with E-state index in [1.807, 2.05) is 0 Å². The fourth-order valence-corrected chi connectivity index (χ4v) is 5.39. The summed E-state index contributed by atoms with van der Waals surface area (Å²) in [5, 5.41) is 0.288. The maximum atomic E-state index is 6.27. The Morgan fingerprint density at radius 2 is 2.29 bits per heavy atom. The second kappa shape index (κ2) is 6.28. The molecule has 2 nitrogen and oxygen atoms in total. The van der Waals surface area contributed by atoms with Gasteiger partial charge in [0.15, 0.2) is 0 Å². The zero-order valence-corrected chi connectivity index (χ0v) is 13.5. The summed E-state index contributed by atoms with van der Waals surface area (Å²) in [6, 6.07) is 0. The van der Waals surface area contributed by atoms with E-state index in [1.54, 1.807) is 0 Å². The average molecular weight is 253 g/mol. The van der Waals surface area contributed by atoms with E-state index >= 15 is 0 Å². The molecule has 0 aliphatic carbocycles. The van der Waals surface area contributed by atoms with Crippen molar-refractivity contribution in [3.8, 4) is 0 Å². The van der Waals surface area contributed by atoms with Gasteiger partial charge in [-0.05, 0) is 24.8 Å². The Labute approximate surface area is 97.2 Å². The Kier molecular flexibility index (Phi) is 5.70. The molecule has 5 heteroatoms. The third kappa shape index (κ3) is 4.44. The minimum absolute atomic E-state index is 0.288. The van der Waals surface area contributed by atoms with E-state index in [4.69, 9.17) is 20.5 Å². The van der Waals surface area contributed by atoms with Crippen molar-refractivity contribution in [2.75, 3.05) is 0 Å². The maximum absolute atomic E-state index is 6.27. The Hall–Kier alpha value is 0.644. The smallest absolute Gasteiger partial charge is 0.148 e. The lowest BCUT2D eigenvalue weighted by Gasteiger charge is -2.13. The van der Waals surface area contributed by atoms with Gasteiger partial charge in [0.1, 0.15) is 20.2 Å². The van der Waals surface area contributed by atoms with E-state index in [0.29, 0.717) is 17.7 Å². The van der Waals surface area contributed by atoms with Crippen LogP contribution in [0, 0.1) is 0 Å². The molecule has 0 N–H and O–H groups in total. The van der Waals surface area contributed by atoms with Gasteiger partial charge in [0.2, 0.25) is 0 Å². The van der Waals surface area contributed by atoms with Crippen molar-refractivity contribution in [2.45, 2.75) is 56.2 Å². The second-order valence-electron chi connectivity index (χ2n) is 4.25. The molecule has 0 aromatic carbocycles. The molecule has 0 spiro atoms. The van der Waals surface area contributed by atoms with Crippen LogP contribution in [0.2, 0.25) is 5.54 Å². The largest absolute Gasteiger partial charge is 0.468 e. The summed E-state index contributed by atoms with van der Waals surface area (Å²) < 4.78 is 10.8. The second-order valence-corrected chi connectivity index (χ2v) is 8.90. The number of epoxide rings is 1. The van der Waals surface area contributed by atoms with Gasteiger partial charge in [-0.2, -0.15) is 0 Å². The number of halogens is 1. The van der Waals surface area contributed by atoms with Crippen molar-refractivity contribution < 1.29 is 8.85 Å². The van der Waals surface area contributed by atoms with E-state index in [0.717, 1.165) is 29.7 Å². The Bertz CT molecular complexity index is 167. The first-order chi connectivity index (χ1) is 6.67. The van der Waals surface area contributed by atoms with Crippen LogP contribution in [-0.2, 0) is 8.85 Å². The van der Waals surface area contributed by atoms with Crippen molar-refractivity contribution in [1.82, 2.24) is 0 Å². The average Bonchev–Trinajstić information content (AvgIpc) is 2.83. The Morgan fingerprint density at radius 1 is 1.57 bits per heavy atom. The predicted octanol–water partition coefficient (Wildman–Crippen LogP) is 0.741. The lowest BCUT2D eigenvalue weighted by Crippen LogP contribution is -2.12. The third-order valence-electron chi connectivity index (χ3n) is 2.69. The highest BCUT2D eigenvalue weighted by Gasteiger charge is 2.38. The Morgan fingerprint density at radius 3 is 2.79 bits per heavy atom. The van der Waals surface area contributed by atoms with Gasteiger partial charge in [0.05, 0.1) is 12.2 Å². The van der Waals surface area contributed by atoms with Gasteiger partial charge in [-0.3, -0.25) is 0 Å². The van der Waals surface area contributed by atoms with Gasteiger partial charge in [-0.25, -0.2) is 0 Å². The molecular weight excluding hydrogens is 232 g/mol. The zero-order valence-electron chi connectivity index (χ0n) is 9.33. The van der Waals surface area contributed by atoms with Crippen LogP contribution in [0.25, 0.3) is 0 Å². The topological polar surface area (TPSA) is 21.8 Å². The highest BCUT2D eigenvalue weighted by molar-refractivity contribution is 6.36. The van der Waals surface area contributed by atoms with E-state index in [2.05, 4.69) is 13.8 Å². The lowest BCUT2D eigenvalue weighted by atomic mass is 10.1. The fourth-order valence-electron chi connectivity index (χ4n) is 1.88. The van der Waals surface area contributed by atoms with Gasteiger partial charge in [0, 0.05) is 5.38 Å². The van der Waals surface area contributed by atoms with Crippen LogP contribution in [0.3, 0.4) is 0 Å². The normalized spacial score (nSPS) is 31.1. The van der Waals surface area contributed by atoms with E-state index < -0.39 is 0 Å². The molecule has 4 unspecified atom stereocenters. The molecule has 0 bridgehead atoms. The zero-order chi connectivity index (χ0) is 10.6. The van der Waals surface area contributed by atoms with E-state index in [1.165, 1.54) is 0 Å². The highest BCUT2D eigenvalue weighted by atomic mass is 35.5. The van der Waals surface area contributed by atoms with Crippen molar-refractivity contribution in [3.05, 3.63) is 0 Å². The first-order valence-corrected chi connectivity index (χ1v) is 8.10. The van der Waals surface area contributed by atoms with Gasteiger partial charge in [-0.15, -0.1) is 11.6 Å². The summed E-state index contributed by atoms with van der Waals surface area (Å²) in [6.07, 6.45) is 4.21.